The molecule has 0 radical (unpaired) electrons. The van der Waals surface area contributed by atoms with E-state index in [-0.39, 0.29) is 6.10 Å². The Hall–Kier alpha value is -0.670. The van der Waals surface area contributed by atoms with E-state index in [4.69, 9.17) is 5.11 Å². The number of thioether (sulfide) groups is 1. The van der Waals surface area contributed by atoms with Gasteiger partial charge in [-0.25, -0.2) is 0 Å². The maximum atomic E-state index is 9.46. The van der Waals surface area contributed by atoms with Crippen molar-refractivity contribution in [1.82, 2.24) is 0 Å². The molecule has 0 bridgehead atoms. The Kier molecular flexibility index (Phi) is 2.47. The molecular weight excluding hydrogens is 184 g/mol. The molecule has 1 aliphatic carbocycles. The summed E-state index contributed by atoms with van der Waals surface area (Å²) in [4.78, 5) is 0.916. The first-order valence-corrected chi connectivity index (χ1v) is 5.26. The fraction of sp³-hybridized carbons (Fsp3) is 0.400. The van der Waals surface area contributed by atoms with E-state index < -0.39 is 0 Å². The summed E-state index contributed by atoms with van der Waals surface area (Å²) < 4.78 is 0. The van der Waals surface area contributed by atoms with Crippen LogP contribution < -0.4 is 0 Å². The van der Waals surface area contributed by atoms with Crippen molar-refractivity contribution >= 4 is 11.8 Å². The summed E-state index contributed by atoms with van der Waals surface area (Å²) in [6.07, 6.45) is 1.57. The van der Waals surface area contributed by atoms with Crippen molar-refractivity contribution in [2.24, 2.45) is 0 Å². The van der Waals surface area contributed by atoms with Gasteiger partial charge in [0, 0.05) is 10.1 Å². The number of hydrogen-bond acceptors (Lipinski definition) is 3. The van der Waals surface area contributed by atoms with Crippen molar-refractivity contribution in [1.29, 1.82) is 0 Å². The van der Waals surface area contributed by atoms with Gasteiger partial charge in [-0.15, -0.1) is 11.8 Å². The molecule has 3 heteroatoms. The molecule has 0 spiro atoms. The van der Waals surface area contributed by atoms with E-state index in [1.165, 1.54) is 0 Å². The predicted octanol–water partition coefficient (Wildman–Crippen LogP) is 2.01. The van der Waals surface area contributed by atoms with Crippen molar-refractivity contribution in [3.63, 3.8) is 0 Å². The van der Waals surface area contributed by atoms with Crippen molar-refractivity contribution in [3.05, 3.63) is 24.3 Å². The van der Waals surface area contributed by atoms with Gasteiger partial charge >= 0.3 is 0 Å². The van der Waals surface area contributed by atoms with Crippen LogP contribution in [0.25, 0.3) is 0 Å². The number of aliphatic hydroxyl groups excluding tert-OH is 1. The Labute approximate surface area is 81.6 Å². The zero-order chi connectivity index (χ0) is 9.26. The van der Waals surface area contributed by atoms with Crippen LogP contribution in [0.1, 0.15) is 12.8 Å². The molecule has 1 aliphatic rings. The lowest BCUT2D eigenvalue weighted by molar-refractivity contribution is 0.101. The third kappa shape index (κ3) is 1.98. The normalized spacial score (nSPS) is 26.8. The number of para-hydroxylation sites is 1. The summed E-state index contributed by atoms with van der Waals surface area (Å²) in [7, 11) is 0. The average molecular weight is 196 g/mol. The molecule has 1 saturated carbocycles. The molecule has 0 unspecified atom stereocenters. The number of rotatable bonds is 2. The summed E-state index contributed by atoms with van der Waals surface area (Å²) in [5, 5.41) is 19.0. The van der Waals surface area contributed by atoms with Crippen LogP contribution in [0.5, 0.6) is 5.75 Å². The van der Waals surface area contributed by atoms with E-state index in [9.17, 15) is 5.11 Å². The molecule has 2 nitrogen and oxygen atoms in total. The first-order chi connectivity index (χ1) is 6.25. The Bertz CT molecular complexity index is 295. The highest BCUT2D eigenvalue weighted by Crippen LogP contribution is 2.39. The first-order valence-electron chi connectivity index (χ1n) is 4.38. The summed E-state index contributed by atoms with van der Waals surface area (Å²) in [5.41, 5.74) is 0. The fourth-order valence-corrected chi connectivity index (χ4v) is 2.71. The SMILES string of the molecule is Oc1ccccc1SC1CC(O)C1. The lowest BCUT2D eigenvalue weighted by Crippen LogP contribution is -2.30. The minimum atomic E-state index is -0.122. The highest BCUT2D eigenvalue weighted by molar-refractivity contribution is 8.00. The zero-order valence-electron chi connectivity index (χ0n) is 7.18. The van der Waals surface area contributed by atoms with Crippen LogP contribution in [-0.2, 0) is 0 Å². The third-order valence-electron chi connectivity index (χ3n) is 2.23. The molecule has 13 heavy (non-hydrogen) atoms. The number of phenolic OH excluding ortho intramolecular Hbond substituents is 1. The van der Waals surface area contributed by atoms with Gasteiger partial charge in [-0.2, -0.15) is 0 Å². The number of benzene rings is 1. The Morgan fingerprint density at radius 1 is 1.23 bits per heavy atom. The lowest BCUT2D eigenvalue weighted by Gasteiger charge is -2.30. The third-order valence-corrected chi connectivity index (χ3v) is 3.55. The van der Waals surface area contributed by atoms with Crippen molar-refractivity contribution in [2.75, 3.05) is 0 Å². The predicted molar refractivity (Wildman–Crippen MR) is 53.0 cm³/mol. The van der Waals surface area contributed by atoms with Gasteiger partial charge in [0.25, 0.3) is 0 Å². The van der Waals surface area contributed by atoms with Gasteiger partial charge in [-0.3, -0.25) is 0 Å². The monoisotopic (exact) mass is 196 g/mol. The average Bonchev–Trinajstić information content (AvgIpc) is 2.06. The molecule has 70 valence electrons. The van der Waals surface area contributed by atoms with E-state index in [0.29, 0.717) is 11.0 Å². The van der Waals surface area contributed by atoms with Crippen LogP contribution in [0.15, 0.2) is 29.2 Å². The molecule has 1 aromatic rings. The molecule has 2 N–H and O–H groups in total. The highest BCUT2D eigenvalue weighted by Gasteiger charge is 2.28. The minimum Gasteiger partial charge on any atom is -0.507 e. The van der Waals surface area contributed by atoms with Crippen LogP contribution in [0.4, 0.5) is 0 Å². The topological polar surface area (TPSA) is 40.5 Å². The molecule has 2 rings (SSSR count). The second kappa shape index (κ2) is 3.60. The summed E-state index contributed by atoms with van der Waals surface area (Å²) >= 11 is 1.65. The van der Waals surface area contributed by atoms with Crippen molar-refractivity contribution in [3.8, 4) is 5.75 Å². The van der Waals surface area contributed by atoms with Gasteiger partial charge in [-0.1, -0.05) is 12.1 Å². The van der Waals surface area contributed by atoms with Gasteiger partial charge in [0.1, 0.15) is 5.75 Å². The number of aliphatic hydroxyl groups is 1. The van der Waals surface area contributed by atoms with Gasteiger partial charge in [-0.05, 0) is 25.0 Å². The number of phenols is 1. The fourth-order valence-electron chi connectivity index (χ4n) is 1.37. The van der Waals surface area contributed by atoms with E-state index in [2.05, 4.69) is 0 Å². The second-order valence-corrected chi connectivity index (χ2v) is 4.68. The smallest absolute Gasteiger partial charge is 0.129 e. The van der Waals surface area contributed by atoms with Gasteiger partial charge < -0.3 is 10.2 Å². The van der Waals surface area contributed by atoms with Crippen molar-refractivity contribution in [2.45, 2.75) is 29.1 Å². The van der Waals surface area contributed by atoms with Gasteiger partial charge in [0.2, 0.25) is 0 Å². The summed E-state index contributed by atoms with van der Waals surface area (Å²) in [6, 6.07) is 7.33. The van der Waals surface area contributed by atoms with Crippen LogP contribution in [0, 0.1) is 0 Å². The van der Waals surface area contributed by atoms with Crippen molar-refractivity contribution < 1.29 is 10.2 Å². The molecular formula is C10H12O2S. The van der Waals surface area contributed by atoms with Gasteiger partial charge in [0.15, 0.2) is 0 Å². The Balaban J connectivity index is 1.98. The Morgan fingerprint density at radius 2 is 1.92 bits per heavy atom. The molecule has 0 saturated heterocycles. The van der Waals surface area contributed by atoms with Crippen LogP contribution in [0.3, 0.4) is 0 Å². The lowest BCUT2D eigenvalue weighted by atomic mass is 9.96. The standard InChI is InChI=1S/C10H12O2S/c11-7-5-8(6-7)13-10-4-2-1-3-9(10)12/h1-4,7-8,11-12H,5-6H2. The number of aromatic hydroxyl groups is 1. The second-order valence-electron chi connectivity index (χ2n) is 3.33. The molecule has 0 amide bonds. The van der Waals surface area contributed by atoms with E-state index in [1.54, 1.807) is 17.8 Å². The zero-order valence-corrected chi connectivity index (χ0v) is 8.00. The Morgan fingerprint density at radius 3 is 2.54 bits per heavy atom. The highest BCUT2D eigenvalue weighted by atomic mass is 32.2. The van der Waals surface area contributed by atoms with E-state index in [1.807, 2.05) is 18.2 Å². The van der Waals surface area contributed by atoms with E-state index in [0.717, 1.165) is 17.7 Å². The largest absolute Gasteiger partial charge is 0.507 e. The van der Waals surface area contributed by atoms with Crippen LogP contribution in [0.2, 0.25) is 0 Å². The minimum absolute atomic E-state index is 0.122. The van der Waals surface area contributed by atoms with E-state index >= 15 is 0 Å². The first kappa shape index (κ1) is 8.91. The molecule has 0 heterocycles. The molecule has 1 aromatic carbocycles. The molecule has 0 aliphatic heterocycles. The summed E-state index contributed by atoms with van der Waals surface area (Å²) in [5.74, 6) is 0.342. The molecule has 0 atom stereocenters. The number of hydrogen-bond donors (Lipinski definition) is 2. The van der Waals surface area contributed by atoms with Crippen LogP contribution >= 0.6 is 11.8 Å². The maximum Gasteiger partial charge on any atom is 0.129 e. The quantitative estimate of drug-likeness (QED) is 0.760. The molecule has 0 aromatic heterocycles. The van der Waals surface area contributed by atoms with Crippen LogP contribution in [-0.4, -0.2) is 21.6 Å². The summed E-state index contributed by atoms with van der Waals surface area (Å²) in [6.45, 7) is 0. The molecule has 1 fully saturated rings. The van der Waals surface area contributed by atoms with Gasteiger partial charge in [0.05, 0.1) is 6.10 Å². The maximum absolute atomic E-state index is 9.46.